The van der Waals surface area contributed by atoms with Crippen LogP contribution in [0.3, 0.4) is 0 Å². The van der Waals surface area contributed by atoms with Crippen LogP contribution in [0.25, 0.3) is 6.08 Å². The van der Waals surface area contributed by atoms with Gasteiger partial charge in [0.2, 0.25) is 0 Å². The van der Waals surface area contributed by atoms with Crippen LogP contribution in [0.15, 0.2) is 54.9 Å². The minimum Gasteiger partial charge on any atom is -0.506 e. The first-order chi connectivity index (χ1) is 9.70. The molecule has 102 valence electrons. The van der Waals surface area contributed by atoms with Crippen LogP contribution < -0.4 is 4.90 Å². The van der Waals surface area contributed by atoms with E-state index in [9.17, 15) is 9.90 Å². The predicted octanol–water partition coefficient (Wildman–Crippen LogP) is 2.85. The Morgan fingerprint density at radius 3 is 2.70 bits per heavy atom. The molecule has 0 radical (unpaired) electrons. The van der Waals surface area contributed by atoms with Gasteiger partial charge in [-0.15, -0.1) is 0 Å². The van der Waals surface area contributed by atoms with Gasteiger partial charge in [-0.25, -0.2) is 0 Å². The van der Waals surface area contributed by atoms with E-state index in [1.807, 2.05) is 37.3 Å². The molecule has 1 aromatic heterocycles. The highest BCUT2D eigenvalue weighted by atomic mass is 16.3. The molecule has 2 rings (SSSR count). The maximum Gasteiger partial charge on any atom is 0.250 e. The number of carbonyl (C=O) groups is 1. The van der Waals surface area contributed by atoms with E-state index in [-0.39, 0.29) is 11.7 Å². The van der Waals surface area contributed by atoms with Crippen LogP contribution in [-0.2, 0) is 4.79 Å². The second kappa shape index (κ2) is 6.52. The number of hydrogen-bond acceptors (Lipinski definition) is 3. The number of rotatable bonds is 4. The lowest BCUT2D eigenvalue weighted by molar-refractivity contribution is -0.114. The van der Waals surface area contributed by atoms with Crippen molar-refractivity contribution >= 4 is 17.7 Å². The zero-order chi connectivity index (χ0) is 14.4. The summed E-state index contributed by atoms with van der Waals surface area (Å²) in [6.07, 6.45) is 6.05. The van der Waals surface area contributed by atoms with Crippen LogP contribution in [0.1, 0.15) is 12.5 Å². The van der Waals surface area contributed by atoms with Crippen LogP contribution in [0, 0.1) is 0 Å². The van der Waals surface area contributed by atoms with E-state index in [0.29, 0.717) is 12.1 Å². The normalized spacial score (nSPS) is 10.7. The van der Waals surface area contributed by atoms with Gasteiger partial charge in [-0.2, -0.15) is 0 Å². The highest BCUT2D eigenvalue weighted by Crippen LogP contribution is 2.14. The molecule has 0 aliphatic rings. The lowest BCUT2D eigenvalue weighted by Gasteiger charge is -2.19. The number of pyridine rings is 1. The summed E-state index contributed by atoms with van der Waals surface area (Å²) in [7, 11) is 0. The first-order valence-electron chi connectivity index (χ1n) is 6.39. The maximum atomic E-state index is 12.2. The third-order valence-electron chi connectivity index (χ3n) is 2.81. The number of para-hydroxylation sites is 1. The number of hydrogen-bond donors (Lipinski definition) is 1. The first kappa shape index (κ1) is 13.8. The van der Waals surface area contributed by atoms with Gasteiger partial charge in [0.25, 0.3) is 5.91 Å². The minimum absolute atomic E-state index is 0.0787. The fraction of sp³-hybridized carbons (Fsp3) is 0.125. The molecule has 1 heterocycles. The Labute approximate surface area is 118 Å². The van der Waals surface area contributed by atoms with Gasteiger partial charge in [0, 0.05) is 24.5 Å². The second-order valence-electron chi connectivity index (χ2n) is 4.23. The number of aromatic hydroxyl groups is 1. The van der Waals surface area contributed by atoms with Gasteiger partial charge in [0.05, 0.1) is 6.20 Å². The predicted molar refractivity (Wildman–Crippen MR) is 79.4 cm³/mol. The lowest BCUT2D eigenvalue weighted by atomic mass is 10.2. The summed E-state index contributed by atoms with van der Waals surface area (Å²) in [4.78, 5) is 17.7. The molecule has 1 amide bonds. The molecule has 0 spiro atoms. The SMILES string of the molecule is CCN(C(=O)/C=C/c1cncc(O)c1)c1ccccc1. The second-order valence-corrected chi connectivity index (χ2v) is 4.23. The average molecular weight is 268 g/mol. The molecule has 1 N–H and O–H groups in total. The number of likely N-dealkylation sites (N-methyl/N-ethyl adjacent to an activating group) is 1. The number of aromatic nitrogens is 1. The number of nitrogens with zero attached hydrogens (tertiary/aromatic N) is 2. The van der Waals surface area contributed by atoms with E-state index in [1.54, 1.807) is 23.2 Å². The Morgan fingerprint density at radius 1 is 1.30 bits per heavy atom. The molecule has 0 bridgehead atoms. The van der Waals surface area contributed by atoms with E-state index in [2.05, 4.69) is 4.98 Å². The largest absolute Gasteiger partial charge is 0.506 e. The van der Waals surface area contributed by atoms with E-state index < -0.39 is 0 Å². The van der Waals surface area contributed by atoms with E-state index in [1.165, 1.54) is 12.3 Å². The van der Waals surface area contributed by atoms with E-state index in [4.69, 9.17) is 0 Å². The molecule has 1 aromatic carbocycles. The Hall–Kier alpha value is -2.62. The van der Waals surface area contributed by atoms with Crippen molar-refractivity contribution in [2.75, 3.05) is 11.4 Å². The zero-order valence-corrected chi connectivity index (χ0v) is 11.2. The molecule has 0 saturated carbocycles. The third kappa shape index (κ3) is 3.45. The number of anilines is 1. The molecule has 0 saturated heterocycles. The summed E-state index contributed by atoms with van der Waals surface area (Å²) in [6.45, 7) is 2.51. The summed E-state index contributed by atoms with van der Waals surface area (Å²) in [5.41, 5.74) is 1.54. The smallest absolute Gasteiger partial charge is 0.250 e. The quantitative estimate of drug-likeness (QED) is 0.867. The summed E-state index contributed by atoms with van der Waals surface area (Å²) in [5, 5.41) is 9.32. The minimum atomic E-state index is -0.109. The topological polar surface area (TPSA) is 53.4 Å². The summed E-state index contributed by atoms with van der Waals surface area (Å²) in [6, 6.07) is 11.0. The van der Waals surface area contributed by atoms with Crippen molar-refractivity contribution in [3.63, 3.8) is 0 Å². The van der Waals surface area contributed by atoms with Crippen molar-refractivity contribution in [2.24, 2.45) is 0 Å². The summed E-state index contributed by atoms with van der Waals surface area (Å²) in [5.74, 6) is -0.0305. The standard InChI is InChI=1S/C16H16N2O2/c1-2-18(14-6-4-3-5-7-14)16(20)9-8-13-10-15(19)12-17-11-13/h3-12,19H,2H2,1H3/b9-8+. The number of amides is 1. The van der Waals surface area contributed by atoms with Gasteiger partial charge >= 0.3 is 0 Å². The molecule has 2 aromatic rings. The number of carbonyl (C=O) groups excluding carboxylic acids is 1. The molecule has 0 atom stereocenters. The van der Waals surface area contributed by atoms with E-state index in [0.717, 1.165) is 5.69 Å². The Kier molecular flexibility index (Phi) is 4.50. The summed E-state index contributed by atoms with van der Waals surface area (Å²) >= 11 is 0. The molecular weight excluding hydrogens is 252 g/mol. The molecule has 20 heavy (non-hydrogen) atoms. The van der Waals surface area contributed by atoms with Crippen LogP contribution in [-0.4, -0.2) is 22.5 Å². The fourth-order valence-corrected chi connectivity index (χ4v) is 1.87. The monoisotopic (exact) mass is 268 g/mol. The van der Waals surface area contributed by atoms with Crippen molar-refractivity contribution < 1.29 is 9.90 Å². The van der Waals surface area contributed by atoms with Gasteiger partial charge in [-0.05, 0) is 36.8 Å². The molecule has 0 unspecified atom stereocenters. The van der Waals surface area contributed by atoms with Crippen LogP contribution in [0.5, 0.6) is 5.75 Å². The average Bonchev–Trinajstić information content (AvgIpc) is 2.47. The molecule has 4 heteroatoms. The van der Waals surface area contributed by atoms with Crippen molar-refractivity contribution in [3.8, 4) is 5.75 Å². The van der Waals surface area contributed by atoms with Crippen molar-refractivity contribution in [2.45, 2.75) is 6.92 Å². The highest BCUT2D eigenvalue weighted by molar-refractivity contribution is 6.03. The van der Waals surface area contributed by atoms with Crippen LogP contribution >= 0.6 is 0 Å². The Bertz CT molecular complexity index is 609. The van der Waals surface area contributed by atoms with Gasteiger partial charge in [0.15, 0.2) is 0 Å². The Morgan fingerprint density at radius 2 is 2.05 bits per heavy atom. The molecule has 0 aliphatic carbocycles. The summed E-state index contributed by atoms with van der Waals surface area (Å²) < 4.78 is 0. The van der Waals surface area contributed by atoms with Gasteiger partial charge < -0.3 is 10.0 Å². The van der Waals surface area contributed by atoms with E-state index >= 15 is 0 Å². The van der Waals surface area contributed by atoms with Crippen molar-refractivity contribution in [3.05, 3.63) is 60.4 Å². The molecule has 4 nitrogen and oxygen atoms in total. The molecule has 0 aliphatic heterocycles. The molecule has 0 fully saturated rings. The highest BCUT2D eigenvalue weighted by Gasteiger charge is 2.09. The van der Waals surface area contributed by atoms with Crippen LogP contribution in [0.2, 0.25) is 0 Å². The van der Waals surface area contributed by atoms with Gasteiger partial charge in [-0.3, -0.25) is 9.78 Å². The fourth-order valence-electron chi connectivity index (χ4n) is 1.87. The Balaban J connectivity index is 2.14. The lowest BCUT2D eigenvalue weighted by Crippen LogP contribution is -2.28. The first-order valence-corrected chi connectivity index (χ1v) is 6.39. The number of benzene rings is 1. The zero-order valence-electron chi connectivity index (χ0n) is 11.2. The van der Waals surface area contributed by atoms with Crippen LogP contribution in [0.4, 0.5) is 5.69 Å². The van der Waals surface area contributed by atoms with Gasteiger partial charge in [0.1, 0.15) is 5.75 Å². The van der Waals surface area contributed by atoms with Crippen molar-refractivity contribution in [1.29, 1.82) is 0 Å². The third-order valence-corrected chi connectivity index (χ3v) is 2.81. The van der Waals surface area contributed by atoms with Crippen molar-refractivity contribution in [1.82, 2.24) is 4.98 Å². The molecular formula is C16H16N2O2. The maximum absolute atomic E-state index is 12.2. The van der Waals surface area contributed by atoms with Gasteiger partial charge in [-0.1, -0.05) is 18.2 Å².